The molecule has 0 radical (unpaired) electrons. The molecule has 0 bridgehead atoms. The highest BCUT2D eigenvalue weighted by Crippen LogP contribution is 2.41. The van der Waals surface area contributed by atoms with E-state index in [1.807, 2.05) is 58.2 Å². The van der Waals surface area contributed by atoms with Crippen LogP contribution >= 0.6 is 21.6 Å². The van der Waals surface area contributed by atoms with Crippen LogP contribution in [-0.2, 0) is 0 Å². The van der Waals surface area contributed by atoms with E-state index in [0.717, 1.165) is 30.4 Å². The van der Waals surface area contributed by atoms with E-state index in [-0.39, 0.29) is 5.25 Å². The third kappa shape index (κ3) is 5.02. The van der Waals surface area contributed by atoms with E-state index in [9.17, 15) is 0 Å². The zero-order valence-corrected chi connectivity index (χ0v) is 14.1. The second-order valence-electron chi connectivity index (χ2n) is 4.54. The van der Waals surface area contributed by atoms with Crippen molar-refractivity contribution < 1.29 is 0 Å². The molecule has 21 heavy (non-hydrogen) atoms. The van der Waals surface area contributed by atoms with Gasteiger partial charge in [-0.1, -0.05) is 47.6 Å². The minimum atomic E-state index is 0.174. The molecule has 2 heterocycles. The van der Waals surface area contributed by atoms with Gasteiger partial charge >= 0.3 is 0 Å². The first-order valence-electron chi connectivity index (χ1n) is 7.17. The molecule has 0 saturated heterocycles. The van der Waals surface area contributed by atoms with Gasteiger partial charge in [0.25, 0.3) is 0 Å². The van der Waals surface area contributed by atoms with Gasteiger partial charge in [0.05, 0.1) is 22.5 Å². The molecule has 0 aliphatic carbocycles. The smallest absolute Gasteiger partial charge is 0.0994 e. The van der Waals surface area contributed by atoms with E-state index < -0.39 is 0 Å². The van der Waals surface area contributed by atoms with E-state index in [2.05, 4.69) is 40.8 Å². The highest BCUT2D eigenvalue weighted by molar-refractivity contribution is 8.76. The van der Waals surface area contributed by atoms with Crippen molar-refractivity contribution in [3.63, 3.8) is 0 Å². The normalized spacial score (nSPS) is 11.2. The number of hydrogen-bond donors (Lipinski definition) is 0. The Balaban J connectivity index is 2.07. The van der Waals surface area contributed by atoms with Crippen molar-refractivity contribution >= 4 is 21.6 Å². The molecule has 0 spiro atoms. The van der Waals surface area contributed by atoms with Crippen LogP contribution in [0.3, 0.4) is 0 Å². The van der Waals surface area contributed by atoms with Crippen molar-refractivity contribution in [1.29, 1.82) is 0 Å². The predicted molar refractivity (Wildman–Crippen MR) is 93.3 cm³/mol. The first-order valence-corrected chi connectivity index (χ1v) is 9.55. The van der Waals surface area contributed by atoms with Crippen molar-refractivity contribution in [3.05, 3.63) is 60.2 Å². The van der Waals surface area contributed by atoms with Crippen molar-refractivity contribution in [1.82, 2.24) is 14.9 Å². The Kier molecular flexibility index (Phi) is 7.06. The van der Waals surface area contributed by atoms with E-state index in [1.165, 1.54) is 0 Å². The molecule has 0 N–H and O–H groups in total. The standard InChI is InChI=1S/C16H21N3S2/c1-3-19(4-2)13-20-21-16(14-9-5-7-11-17-14)15-10-6-8-12-18-15/h5-12,16H,3-4,13H2,1-2H3. The van der Waals surface area contributed by atoms with Gasteiger partial charge in [-0.05, 0) is 37.4 Å². The molecule has 0 fully saturated rings. The summed E-state index contributed by atoms with van der Waals surface area (Å²) in [6.45, 7) is 6.57. The number of aromatic nitrogens is 2. The van der Waals surface area contributed by atoms with Crippen molar-refractivity contribution in [2.45, 2.75) is 19.1 Å². The van der Waals surface area contributed by atoms with Gasteiger partial charge in [0.2, 0.25) is 0 Å². The van der Waals surface area contributed by atoms with E-state index in [0.29, 0.717) is 0 Å². The maximum atomic E-state index is 4.51. The van der Waals surface area contributed by atoms with Crippen LogP contribution in [0.1, 0.15) is 30.5 Å². The molecule has 0 aliphatic heterocycles. The third-order valence-electron chi connectivity index (χ3n) is 3.21. The summed E-state index contributed by atoms with van der Waals surface area (Å²) in [4.78, 5) is 11.4. The summed E-state index contributed by atoms with van der Waals surface area (Å²) in [5.74, 6) is 1.02. The topological polar surface area (TPSA) is 29.0 Å². The Labute approximate surface area is 135 Å². The first-order chi connectivity index (χ1) is 10.3. The molecule has 2 aromatic heterocycles. The molecule has 0 aromatic carbocycles. The van der Waals surface area contributed by atoms with Crippen molar-refractivity contribution in [2.24, 2.45) is 0 Å². The summed E-state index contributed by atoms with van der Waals surface area (Å²) in [6.07, 6.45) is 3.70. The Morgan fingerprint density at radius 2 is 1.52 bits per heavy atom. The second-order valence-corrected chi connectivity index (χ2v) is 6.98. The van der Waals surface area contributed by atoms with Gasteiger partial charge in [-0.2, -0.15) is 0 Å². The molecule has 0 unspecified atom stereocenters. The summed E-state index contributed by atoms with van der Waals surface area (Å²) >= 11 is 0. The largest absolute Gasteiger partial charge is 0.294 e. The highest BCUT2D eigenvalue weighted by Gasteiger charge is 2.18. The Morgan fingerprint density at radius 3 is 1.95 bits per heavy atom. The zero-order valence-electron chi connectivity index (χ0n) is 12.5. The van der Waals surface area contributed by atoms with Crippen LogP contribution in [0.2, 0.25) is 0 Å². The Hall–Kier alpha value is -1.04. The average molecular weight is 319 g/mol. The number of rotatable bonds is 8. The molecule has 0 atom stereocenters. The van der Waals surface area contributed by atoms with Crippen LogP contribution in [0, 0.1) is 0 Å². The molecule has 0 saturated carbocycles. The third-order valence-corrected chi connectivity index (χ3v) is 5.79. The summed E-state index contributed by atoms with van der Waals surface area (Å²) in [5, 5.41) is 0.174. The molecule has 2 rings (SSSR count). The SMILES string of the molecule is CCN(CC)CSSC(c1ccccn1)c1ccccn1. The number of nitrogens with zero attached hydrogens (tertiary/aromatic N) is 3. The number of pyridine rings is 2. The molecular formula is C16H21N3S2. The average Bonchev–Trinajstić information content (AvgIpc) is 2.57. The van der Waals surface area contributed by atoms with Gasteiger partial charge in [0.1, 0.15) is 0 Å². The molecule has 3 nitrogen and oxygen atoms in total. The van der Waals surface area contributed by atoms with Crippen LogP contribution in [-0.4, -0.2) is 33.8 Å². The maximum Gasteiger partial charge on any atom is 0.0994 e. The van der Waals surface area contributed by atoms with Gasteiger partial charge < -0.3 is 0 Å². The number of hydrogen-bond acceptors (Lipinski definition) is 5. The van der Waals surface area contributed by atoms with Gasteiger partial charge in [-0.15, -0.1) is 0 Å². The highest BCUT2D eigenvalue weighted by atomic mass is 33.1. The lowest BCUT2D eigenvalue weighted by molar-refractivity contribution is 0.359. The van der Waals surface area contributed by atoms with Crippen molar-refractivity contribution in [2.75, 3.05) is 19.0 Å². The Morgan fingerprint density at radius 1 is 0.952 bits per heavy atom. The lowest BCUT2D eigenvalue weighted by Gasteiger charge is -2.19. The fourth-order valence-corrected chi connectivity index (χ4v) is 4.71. The summed E-state index contributed by atoms with van der Waals surface area (Å²) in [7, 11) is 3.71. The minimum absolute atomic E-state index is 0.174. The molecular weight excluding hydrogens is 298 g/mol. The van der Waals surface area contributed by atoms with Crippen LogP contribution in [0.4, 0.5) is 0 Å². The van der Waals surface area contributed by atoms with Crippen LogP contribution in [0.5, 0.6) is 0 Å². The summed E-state index contributed by atoms with van der Waals surface area (Å²) in [6, 6.07) is 12.1. The van der Waals surface area contributed by atoms with Crippen molar-refractivity contribution in [3.8, 4) is 0 Å². The van der Waals surface area contributed by atoms with Crippen LogP contribution in [0.15, 0.2) is 48.8 Å². The van der Waals surface area contributed by atoms with Gasteiger partial charge in [-0.25, -0.2) is 0 Å². The first kappa shape index (κ1) is 16.3. The summed E-state index contributed by atoms with van der Waals surface area (Å²) < 4.78 is 0. The predicted octanol–water partition coefficient (Wildman–Crippen LogP) is 4.25. The minimum Gasteiger partial charge on any atom is -0.294 e. The maximum absolute atomic E-state index is 4.51. The zero-order chi connectivity index (χ0) is 14.9. The van der Waals surface area contributed by atoms with Gasteiger partial charge in [0, 0.05) is 12.4 Å². The van der Waals surface area contributed by atoms with E-state index >= 15 is 0 Å². The molecule has 0 amide bonds. The molecule has 5 heteroatoms. The summed E-state index contributed by atoms with van der Waals surface area (Å²) in [5.41, 5.74) is 2.13. The lowest BCUT2D eigenvalue weighted by Crippen LogP contribution is -2.21. The monoisotopic (exact) mass is 319 g/mol. The second kappa shape index (κ2) is 9.07. The lowest BCUT2D eigenvalue weighted by atomic mass is 10.2. The quantitative estimate of drug-likeness (QED) is 0.536. The molecule has 2 aromatic rings. The fourth-order valence-electron chi connectivity index (χ4n) is 1.89. The van der Waals surface area contributed by atoms with Gasteiger partial charge in [-0.3, -0.25) is 14.9 Å². The van der Waals surface area contributed by atoms with E-state index in [1.54, 1.807) is 0 Å². The Bertz CT molecular complexity index is 464. The van der Waals surface area contributed by atoms with Gasteiger partial charge in [0.15, 0.2) is 0 Å². The van der Waals surface area contributed by atoms with Crippen LogP contribution in [0.25, 0.3) is 0 Å². The fraction of sp³-hybridized carbons (Fsp3) is 0.375. The van der Waals surface area contributed by atoms with Crippen LogP contribution < -0.4 is 0 Å². The molecule has 112 valence electrons. The van der Waals surface area contributed by atoms with E-state index in [4.69, 9.17) is 0 Å². The molecule has 0 aliphatic rings.